The molecule has 44 heavy (non-hydrogen) atoms. The molecule has 9 heteroatoms. The van der Waals surface area contributed by atoms with Crippen molar-refractivity contribution in [2.24, 2.45) is 14.1 Å². The van der Waals surface area contributed by atoms with Gasteiger partial charge in [-0.2, -0.15) is 0 Å². The normalized spacial score (nSPS) is 14.5. The molecule has 5 aromatic rings. The molecule has 0 bridgehead atoms. The third-order valence-electron chi connectivity index (χ3n) is 8.85. The highest BCUT2D eigenvalue weighted by atomic mass is 19.1. The molecule has 1 fully saturated rings. The van der Waals surface area contributed by atoms with Gasteiger partial charge in [-0.05, 0) is 93.1 Å². The Morgan fingerprint density at radius 3 is 2.45 bits per heavy atom. The Balaban J connectivity index is 1.35. The fourth-order valence-electron chi connectivity index (χ4n) is 6.64. The van der Waals surface area contributed by atoms with Crippen LogP contribution in [0.5, 0.6) is 0 Å². The van der Waals surface area contributed by atoms with Crippen LogP contribution >= 0.6 is 0 Å². The number of carbonyl (C=O) groups is 2. The van der Waals surface area contributed by atoms with E-state index >= 15 is 0 Å². The molecule has 2 aromatic carbocycles. The molecule has 6 rings (SSSR count). The molecule has 1 aliphatic carbocycles. The van der Waals surface area contributed by atoms with E-state index in [0.29, 0.717) is 17.3 Å². The Morgan fingerprint density at radius 2 is 1.77 bits per heavy atom. The Labute approximate surface area is 255 Å². The SMILES string of the molecule is CC(=Cc1ccc2nc(C(C)(C)NC(=O)c3ccc4c(C5CCCC5)c(-c5ccc(F)cn5)n(C)c4c3)n(C)c2c1)C(=O)O. The zero-order valence-corrected chi connectivity index (χ0v) is 25.6. The molecule has 0 saturated heterocycles. The summed E-state index contributed by atoms with van der Waals surface area (Å²) in [7, 11) is 3.87. The molecule has 3 aromatic heterocycles. The van der Waals surface area contributed by atoms with Crippen LogP contribution in [0.4, 0.5) is 4.39 Å². The number of hydrogen-bond donors (Lipinski definition) is 2. The van der Waals surface area contributed by atoms with Crippen LogP contribution in [0.1, 0.15) is 79.7 Å². The molecule has 0 aliphatic heterocycles. The number of fused-ring (bicyclic) bond motifs is 2. The van der Waals surface area contributed by atoms with Crippen molar-refractivity contribution in [3.05, 3.63) is 88.6 Å². The molecule has 226 valence electrons. The van der Waals surface area contributed by atoms with E-state index in [9.17, 15) is 19.1 Å². The van der Waals surface area contributed by atoms with E-state index in [0.717, 1.165) is 51.7 Å². The van der Waals surface area contributed by atoms with Crippen molar-refractivity contribution in [3.8, 4) is 11.4 Å². The van der Waals surface area contributed by atoms with Crippen LogP contribution in [-0.4, -0.2) is 36.1 Å². The van der Waals surface area contributed by atoms with Crippen LogP contribution < -0.4 is 5.32 Å². The lowest BCUT2D eigenvalue weighted by atomic mass is 9.93. The van der Waals surface area contributed by atoms with Gasteiger partial charge < -0.3 is 19.6 Å². The number of nitrogens with zero attached hydrogens (tertiary/aromatic N) is 4. The van der Waals surface area contributed by atoms with Gasteiger partial charge in [-0.1, -0.05) is 25.0 Å². The van der Waals surface area contributed by atoms with Gasteiger partial charge in [-0.25, -0.2) is 14.2 Å². The number of carboxylic acids is 1. The second-order valence-electron chi connectivity index (χ2n) is 12.4. The van der Waals surface area contributed by atoms with Crippen molar-refractivity contribution in [3.63, 3.8) is 0 Å². The average molecular weight is 594 g/mol. The number of nitrogens with one attached hydrogen (secondary N) is 1. The molecule has 0 spiro atoms. The summed E-state index contributed by atoms with van der Waals surface area (Å²) in [5, 5.41) is 13.5. The topological polar surface area (TPSA) is 102 Å². The van der Waals surface area contributed by atoms with Gasteiger partial charge in [0.15, 0.2) is 0 Å². The highest BCUT2D eigenvalue weighted by molar-refractivity contribution is 6.01. The quantitative estimate of drug-likeness (QED) is 0.197. The van der Waals surface area contributed by atoms with Gasteiger partial charge in [0.1, 0.15) is 11.6 Å². The molecule has 1 saturated carbocycles. The highest BCUT2D eigenvalue weighted by Crippen LogP contribution is 2.44. The number of aliphatic carboxylic acids is 1. The minimum atomic E-state index is -0.966. The standard InChI is InChI=1S/C35H36FN5O3/c1-20(33(43)44)16-21-10-14-26-29(17-21)41(5)34(38-26)35(2,3)39-32(42)23-11-13-25-28(18-23)40(4)31(27-15-12-24(36)19-37-27)30(25)22-8-6-7-9-22/h10-19,22H,6-9H2,1-5H3,(H,39,42)(H,43,44). The lowest BCUT2D eigenvalue weighted by molar-refractivity contribution is -0.132. The first-order valence-corrected chi connectivity index (χ1v) is 14.9. The molecule has 0 atom stereocenters. The van der Waals surface area contributed by atoms with E-state index in [1.807, 2.05) is 68.9 Å². The Hall–Kier alpha value is -4.79. The summed E-state index contributed by atoms with van der Waals surface area (Å²) >= 11 is 0. The van der Waals surface area contributed by atoms with Crippen molar-refractivity contribution >= 4 is 39.9 Å². The molecule has 1 aliphatic rings. The highest BCUT2D eigenvalue weighted by Gasteiger charge is 2.31. The Bertz CT molecular complexity index is 1960. The monoisotopic (exact) mass is 593 g/mol. The second kappa shape index (κ2) is 11.0. The van der Waals surface area contributed by atoms with E-state index in [2.05, 4.69) is 14.9 Å². The Kier molecular flexibility index (Phi) is 7.35. The van der Waals surface area contributed by atoms with E-state index in [-0.39, 0.29) is 17.3 Å². The number of amides is 1. The number of benzene rings is 2. The molecule has 8 nitrogen and oxygen atoms in total. The van der Waals surface area contributed by atoms with Crippen molar-refractivity contribution in [2.75, 3.05) is 0 Å². The zero-order valence-electron chi connectivity index (χ0n) is 25.6. The first-order valence-electron chi connectivity index (χ1n) is 14.9. The van der Waals surface area contributed by atoms with E-state index in [1.165, 1.54) is 30.7 Å². The number of aryl methyl sites for hydroxylation is 2. The number of carbonyl (C=O) groups excluding carboxylic acids is 1. The zero-order chi connectivity index (χ0) is 31.3. The Morgan fingerprint density at radius 1 is 1.02 bits per heavy atom. The molecular formula is C35H36FN5O3. The predicted octanol–water partition coefficient (Wildman–Crippen LogP) is 7.08. The maximum absolute atomic E-state index is 13.7. The van der Waals surface area contributed by atoms with Crippen LogP contribution in [0.25, 0.3) is 39.4 Å². The smallest absolute Gasteiger partial charge is 0.331 e. The van der Waals surface area contributed by atoms with Gasteiger partial charge in [-0.3, -0.25) is 9.78 Å². The van der Waals surface area contributed by atoms with Crippen LogP contribution in [0.2, 0.25) is 0 Å². The van der Waals surface area contributed by atoms with Gasteiger partial charge in [0.2, 0.25) is 0 Å². The summed E-state index contributed by atoms with van der Waals surface area (Å²) in [6, 6.07) is 14.6. The fraction of sp³-hybridized carbons (Fsp3) is 0.314. The number of carboxylic acid groups (broad SMARTS) is 1. The van der Waals surface area contributed by atoms with E-state index in [4.69, 9.17) is 4.98 Å². The largest absolute Gasteiger partial charge is 0.478 e. The number of pyridine rings is 1. The summed E-state index contributed by atoms with van der Waals surface area (Å²) in [5.74, 6) is -0.505. The summed E-state index contributed by atoms with van der Waals surface area (Å²) in [6.45, 7) is 5.39. The molecule has 2 N–H and O–H groups in total. The summed E-state index contributed by atoms with van der Waals surface area (Å²) in [6.07, 6.45) is 7.42. The maximum atomic E-state index is 13.7. The summed E-state index contributed by atoms with van der Waals surface area (Å²) in [5.41, 5.74) is 6.13. The first-order chi connectivity index (χ1) is 20.9. The van der Waals surface area contributed by atoms with Gasteiger partial charge in [0.25, 0.3) is 5.91 Å². The molecule has 3 heterocycles. The predicted molar refractivity (Wildman–Crippen MR) is 170 cm³/mol. The minimum absolute atomic E-state index is 0.227. The number of rotatable bonds is 7. The minimum Gasteiger partial charge on any atom is -0.478 e. The van der Waals surface area contributed by atoms with Gasteiger partial charge >= 0.3 is 5.97 Å². The van der Waals surface area contributed by atoms with E-state index < -0.39 is 11.5 Å². The number of aromatic nitrogens is 4. The van der Waals surface area contributed by atoms with Crippen molar-refractivity contribution in [2.45, 2.75) is 57.9 Å². The first kappa shape index (κ1) is 29.3. The average Bonchev–Trinajstić information content (AvgIpc) is 3.70. The second-order valence-corrected chi connectivity index (χ2v) is 12.4. The molecule has 1 amide bonds. The van der Waals surface area contributed by atoms with Crippen molar-refractivity contribution in [1.82, 2.24) is 24.4 Å². The molecule has 0 unspecified atom stereocenters. The van der Waals surface area contributed by atoms with Gasteiger partial charge in [-0.15, -0.1) is 0 Å². The maximum Gasteiger partial charge on any atom is 0.331 e. The number of imidazole rings is 1. The molecular weight excluding hydrogens is 557 g/mol. The van der Waals surface area contributed by atoms with E-state index in [1.54, 1.807) is 19.1 Å². The van der Waals surface area contributed by atoms with Gasteiger partial charge in [0, 0.05) is 36.1 Å². The summed E-state index contributed by atoms with van der Waals surface area (Å²) in [4.78, 5) is 34.3. The third kappa shape index (κ3) is 5.16. The lowest BCUT2D eigenvalue weighted by Gasteiger charge is -2.26. The molecule has 0 radical (unpaired) electrons. The van der Waals surface area contributed by atoms with Crippen LogP contribution in [0, 0.1) is 5.82 Å². The van der Waals surface area contributed by atoms with Crippen LogP contribution in [-0.2, 0) is 24.4 Å². The fourth-order valence-corrected chi connectivity index (χ4v) is 6.64. The van der Waals surface area contributed by atoms with Crippen molar-refractivity contribution < 1.29 is 19.1 Å². The summed E-state index contributed by atoms with van der Waals surface area (Å²) < 4.78 is 17.7. The number of halogens is 1. The lowest BCUT2D eigenvalue weighted by Crippen LogP contribution is -2.42. The van der Waals surface area contributed by atoms with Crippen molar-refractivity contribution in [1.29, 1.82) is 0 Å². The van der Waals surface area contributed by atoms with Gasteiger partial charge in [0.05, 0.1) is 34.2 Å². The van der Waals surface area contributed by atoms with Crippen LogP contribution in [0.15, 0.2) is 60.3 Å². The number of hydrogen-bond acceptors (Lipinski definition) is 4. The van der Waals surface area contributed by atoms with Crippen LogP contribution in [0.3, 0.4) is 0 Å². The third-order valence-corrected chi connectivity index (χ3v) is 8.85.